The number of nitrogens with two attached hydrogens (primary N) is 1. The SMILES string of the molecule is CN(CC1CC1)S(=O)(=O)N1CCC(C)(CN)C1. The Balaban J connectivity index is 2.00. The van der Waals surface area contributed by atoms with E-state index < -0.39 is 10.2 Å². The zero-order valence-corrected chi connectivity index (χ0v) is 11.5. The van der Waals surface area contributed by atoms with Crippen molar-refractivity contribution >= 4 is 10.2 Å². The Hall–Kier alpha value is -0.170. The normalized spacial score (nSPS) is 31.3. The summed E-state index contributed by atoms with van der Waals surface area (Å²) in [5.74, 6) is 0.582. The Morgan fingerprint density at radius 1 is 1.47 bits per heavy atom. The van der Waals surface area contributed by atoms with Crippen LogP contribution in [0, 0.1) is 11.3 Å². The highest BCUT2D eigenvalue weighted by Crippen LogP contribution is 2.33. The summed E-state index contributed by atoms with van der Waals surface area (Å²) in [7, 11) is -1.58. The predicted molar refractivity (Wildman–Crippen MR) is 67.6 cm³/mol. The smallest absolute Gasteiger partial charge is 0.281 e. The third-order valence-electron chi connectivity index (χ3n) is 3.95. The van der Waals surface area contributed by atoms with E-state index in [4.69, 9.17) is 5.73 Å². The Morgan fingerprint density at radius 3 is 2.59 bits per heavy atom. The second-order valence-electron chi connectivity index (χ2n) is 5.83. The summed E-state index contributed by atoms with van der Waals surface area (Å²) in [6, 6.07) is 0. The topological polar surface area (TPSA) is 66.6 Å². The number of nitrogens with zero attached hydrogens (tertiary/aromatic N) is 2. The molecule has 2 rings (SSSR count). The molecular formula is C11H23N3O2S. The molecule has 6 heteroatoms. The maximum atomic E-state index is 12.3. The van der Waals surface area contributed by atoms with Crippen molar-refractivity contribution in [3.05, 3.63) is 0 Å². The van der Waals surface area contributed by atoms with Crippen LogP contribution >= 0.6 is 0 Å². The van der Waals surface area contributed by atoms with E-state index in [1.54, 1.807) is 11.4 Å². The van der Waals surface area contributed by atoms with E-state index in [1.165, 1.54) is 17.1 Å². The molecule has 1 heterocycles. The lowest BCUT2D eigenvalue weighted by molar-refractivity contribution is 0.332. The van der Waals surface area contributed by atoms with E-state index >= 15 is 0 Å². The van der Waals surface area contributed by atoms with Crippen LogP contribution in [0.4, 0.5) is 0 Å². The van der Waals surface area contributed by atoms with Crippen molar-refractivity contribution in [2.75, 3.05) is 33.2 Å². The zero-order chi connectivity index (χ0) is 12.7. The summed E-state index contributed by atoms with van der Waals surface area (Å²) >= 11 is 0. The van der Waals surface area contributed by atoms with Crippen molar-refractivity contribution in [3.63, 3.8) is 0 Å². The number of rotatable bonds is 5. The first-order valence-electron chi connectivity index (χ1n) is 6.29. The molecule has 0 spiro atoms. The van der Waals surface area contributed by atoms with Crippen LogP contribution in [0.2, 0.25) is 0 Å². The fourth-order valence-electron chi connectivity index (χ4n) is 2.30. The van der Waals surface area contributed by atoms with Crippen molar-refractivity contribution in [1.82, 2.24) is 8.61 Å². The first-order chi connectivity index (χ1) is 7.87. The van der Waals surface area contributed by atoms with Gasteiger partial charge in [-0.05, 0) is 37.1 Å². The lowest BCUT2D eigenvalue weighted by Gasteiger charge is -2.26. The highest BCUT2D eigenvalue weighted by molar-refractivity contribution is 7.86. The zero-order valence-electron chi connectivity index (χ0n) is 10.7. The van der Waals surface area contributed by atoms with Crippen molar-refractivity contribution < 1.29 is 8.42 Å². The molecule has 0 aromatic carbocycles. The molecule has 1 unspecified atom stereocenters. The van der Waals surface area contributed by atoms with Gasteiger partial charge in [-0.3, -0.25) is 0 Å². The highest BCUT2D eigenvalue weighted by atomic mass is 32.2. The van der Waals surface area contributed by atoms with Gasteiger partial charge >= 0.3 is 0 Å². The summed E-state index contributed by atoms with van der Waals surface area (Å²) in [5, 5.41) is 0. The molecule has 17 heavy (non-hydrogen) atoms. The van der Waals surface area contributed by atoms with Gasteiger partial charge in [0.25, 0.3) is 10.2 Å². The summed E-state index contributed by atoms with van der Waals surface area (Å²) in [6.07, 6.45) is 3.20. The van der Waals surface area contributed by atoms with Crippen molar-refractivity contribution in [1.29, 1.82) is 0 Å². The summed E-state index contributed by atoms with van der Waals surface area (Å²) in [4.78, 5) is 0. The van der Waals surface area contributed by atoms with Gasteiger partial charge in [-0.15, -0.1) is 0 Å². The first-order valence-corrected chi connectivity index (χ1v) is 7.68. The molecule has 5 nitrogen and oxygen atoms in total. The van der Waals surface area contributed by atoms with E-state index in [-0.39, 0.29) is 5.41 Å². The summed E-state index contributed by atoms with van der Waals surface area (Å²) < 4.78 is 27.7. The van der Waals surface area contributed by atoms with Gasteiger partial charge in [0.15, 0.2) is 0 Å². The van der Waals surface area contributed by atoms with E-state index in [1.807, 2.05) is 0 Å². The molecule has 2 N–H and O–H groups in total. The molecule has 1 saturated heterocycles. The molecule has 0 amide bonds. The van der Waals surface area contributed by atoms with Gasteiger partial charge in [0.1, 0.15) is 0 Å². The minimum Gasteiger partial charge on any atom is -0.330 e. The number of hydrogen-bond donors (Lipinski definition) is 1. The predicted octanol–water partition coefficient (Wildman–Crippen LogP) is 0.244. The van der Waals surface area contributed by atoms with Crippen LogP contribution in [-0.4, -0.2) is 50.3 Å². The minimum absolute atomic E-state index is 0.0481. The van der Waals surface area contributed by atoms with Gasteiger partial charge in [0, 0.05) is 26.7 Å². The van der Waals surface area contributed by atoms with Gasteiger partial charge in [-0.25, -0.2) is 0 Å². The van der Waals surface area contributed by atoms with Crippen LogP contribution < -0.4 is 5.73 Å². The average molecular weight is 261 g/mol. The Labute approximate surface area is 104 Å². The molecule has 0 aromatic rings. The second kappa shape index (κ2) is 4.50. The lowest BCUT2D eigenvalue weighted by atomic mass is 9.90. The molecule has 1 atom stereocenters. The number of hydrogen-bond acceptors (Lipinski definition) is 3. The largest absolute Gasteiger partial charge is 0.330 e. The van der Waals surface area contributed by atoms with E-state index in [0.717, 1.165) is 6.42 Å². The van der Waals surface area contributed by atoms with E-state index in [9.17, 15) is 8.42 Å². The van der Waals surface area contributed by atoms with Crippen LogP contribution in [0.1, 0.15) is 26.2 Å². The molecule has 0 aromatic heterocycles. The molecule has 0 radical (unpaired) electrons. The highest BCUT2D eigenvalue weighted by Gasteiger charge is 2.40. The van der Waals surface area contributed by atoms with Crippen molar-refractivity contribution in [3.8, 4) is 0 Å². The Kier molecular flexibility index (Phi) is 3.51. The fourth-order valence-corrected chi connectivity index (χ4v) is 3.89. The van der Waals surface area contributed by atoms with Crippen LogP contribution in [0.5, 0.6) is 0 Å². The quantitative estimate of drug-likeness (QED) is 0.771. The van der Waals surface area contributed by atoms with Gasteiger partial charge in [0.05, 0.1) is 0 Å². The van der Waals surface area contributed by atoms with Crippen LogP contribution in [-0.2, 0) is 10.2 Å². The minimum atomic E-state index is -3.26. The Bertz CT molecular complexity index is 380. The van der Waals surface area contributed by atoms with Crippen molar-refractivity contribution in [2.24, 2.45) is 17.1 Å². The molecule has 1 saturated carbocycles. The van der Waals surface area contributed by atoms with Gasteiger partial charge in [-0.2, -0.15) is 17.0 Å². The van der Waals surface area contributed by atoms with E-state index in [2.05, 4.69) is 6.92 Å². The van der Waals surface area contributed by atoms with Gasteiger partial charge in [-0.1, -0.05) is 6.92 Å². The van der Waals surface area contributed by atoms with Gasteiger partial charge < -0.3 is 5.73 Å². The molecule has 100 valence electrons. The standard InChI is InChI=1S/C11H23N3O2S/c1-11(8-12)5-6-14(9-11)17(15,16)13(2)7-10-3-4-10/h10H,3-9,12H2,1-2H3. The van der Waals surface area contributed by atoms with Crippen LogP contribution in [0.25, 0.3) is 0 Å². The Morgan fingerprint density at radius 2 is 2.12 bits per heavy atom. The van der Waals surface area contributed by atoms with Crippen molar-refractivity contribution in [2.45, 2.75) is 26.2 Å². The van der Waals surface area contributed by atoms with E-state index in [0.29, 0.717) is 32.1 Å². The summed E-state index contributed by atoms with van der Waals surface area (Å²) in [6.45, 7) is 4.43. The molecule has 2 aliphatic rings. The monoisotopic (exact) mass is 261 g/mol. The molecule has 1 aliphatic heterocycles. The fraction of sp³-hybridized carbons (Fsp3) is 1.00. The summed E-state index contributed by atoms with van der Waals surface area (Å²) in [5.41, 5.74) is 5.66. The third-order valence-corrected chi connectivity index (χ3v) is 5.85. The average Bonchev–Trinajstić information content (AvgIpc) is 2.99. The molecular weight excluding hydrogens is 238 g/mol. The second-order valence-corrected chi connectivity index (χ2v) is 7.87. The first kappa shape index (κ1) is 13.3. The molecule has 2 fully saturated rings. The maximum Gasteiger partial charge on any atom is 0.281 e. The molecule has 0 bridgehead atoms. The maximum absolute atomic E-state index is 12.3. The van der Waals surface area contributed by atoms with Gasteiger partial charge in [0.2, 0.25) is 0 Å². The van der Waals surface area contributed by atoms with Crippen LogP contribution in [0.15, 0.2) is 0 Å². The molecule has 1 aliphatic carbocycles. The van der Waals surface area contributed by atoms with Crippen LogP contribution in [0.3, 0.4) is 0 Å². The lowest BCUT2D eigenvalue weighted by Crippen LogP contribution is -2.43. The third kappa shape index (κ3) is 2.81.